The number of nitrogens with zero attached hydrogens (tertiary/aromatic N) is 2. The summed E-state index contributed by atoms with van der Waals surface area (Å²) in [6.45, 7) is 4.12. The molecule has 1 amide bonds. The molecule has 0 spiro atoms. The van der Waals surface area contributed by atoms with Crippen LogP contribution in [-0.4, -0.2) is 36.4 Å². The Morgan fingerprint density at radius 1 is 1.28 bits per heavy atom. The predicted molar refractivity (Wildman–Crippen MR) is 124 cm³/mol. The molecule has 166 valence electrons. The fourth-order valence-corrected chi connectivity index (χ4v) is 4.92. The molecule has 3 heterocycles. The van der Waals surface area contributed by atoms with Crippen molar-refractivity contribution < 1.29 is 19.0 Å². The number of benzene rings is 2. The zero-order chi connectivity index (χ0) is 21.9. The van der Waals surface area contributed by atoms with Crippen molar-refractivity contribution in [2.24, 2.45) is 4.99 Å². The highest BCUT2D eigenvalue weighted by atomic mass is 32.1. The summed E-state index contributed by atoms with van der Waals surface area (Å²) >= 11 is 1.58. The maximum absolute atomic E-state index is 11.8. The zero-order valence-electron chi connectivity index (χ0n) is 17.9. The van der Waals surface area contributed by atoms with E-state index in [9.17, 15) is 4.79 Å². The highest BCUT2D eigenvalue weighted by Gasteiger charge is 2.21. The lowest BCUT2D eigenvalue weighted by atomic mass is 10.1. The Bertz CT molecular complexity index is 1190. The Balaban J connectivity index is 1.59. The second-order valence-electron chi connectivity index (χ2n) is 7.71. The molecule has 0 saturated carbocycles. The van der Waals surface area contributed by atoms with Crippen LogP contribution in [-0.2, 0) is 16.1 Å². The van der Waals surface area contributed by atoms with Crippen LogP contribution < -0.4 is 19.6 Å². The minimum Gasteiger partial charge on any atom is -0.492 e. The third-order valence-electron chi connectivity index (χ3n) is 5.50. The maximum Gasteiger partial charge on any atom is 0.262 e. The summed E-state index contributed by atoms with van der Waals surface area (Å²) in [7, 11) is 0. The van der Waals surface area contributed by atoms with Gasteiger partial charge in [-0.1, -0.05) is 12.1 Å². The summed E-state index contributed by atoms with van der Waals surface area (Å²) in [5.74, 6) is 1.31. The first-order valence-corrected chi connectivity index (χ1v) is 11.7. The van der Waals surface area contributed by atoms with Gasteiger partial charge in [-0.05, 0) is 50.1 Å². The SMILES string of the molecule is CCOc1ccccc1N=c1scc(-c2ccc3c(c2)NC(=O)CO3)n1CC1CCCO1. The summed E-state index contributed by atoms with van der Waals surface area (Å²) in [6.07, 6.45) is 2.27. The molecule has 7 nitrogen and oxygen atoms in total. The van der Waals surface area contributed by atoms with Gasteiger partial charge in [0.15, 0.2) is 11.4 Å². The van der Waals surface area contributed by atoms with Crippen LogP contribution >= 0.6 is 11.3 Å². The number of aromatic nitrogens is 1. The van der Waals surface area contributed by atoms with Gasteiger partial charge in [0.1, 0.15) is 17.2 Å². The van der Waals surface area contributed by atoms with Crippen LogP contribution in [0.15, 0.2) is 52.8 Å². The molecule has 3 aromatic rings. The van der Waals surface area contributed by atoms with E-state index >= 15 is 0 Å². The predicted octanol–water partition coefficient (Wildman–Crippen LogP) is 4.36. The van der Waals surface area contributed by atoms with Gasteiger partial charge in [-0.15, -0.1) is 11.3 Å². The van der Waals surface area contributed by atoms with Gasteiger partial charge in [-0.3, -0.25) is 4.79 Å². The number of nitrogens with one attached hydrogen (secondary N) is 1. The second kappa shape index (κ2) is 9.18. The first-order valence-electron chi connectivity index (χ1n) is 10.8. The van der Waals surface area contributed by atoms with Crippen LogP contribution in [0.1, 0.15) is 19.8 Å². The van der Waals surface area contributed by atoms with Gasteiger partial charge >= 0.3 is 0 Å². The van der Waals surface area contributed by atoms with Crippen molar-refractivity contribution in [3.63, 3.8) is 0 Å². The van der Waals surface area contributed by atoms with Crippen LogP contribution in [0, 0.1) is 0 Å². The first-order chi connectivity index (χ1) is 15.7. The van der Waals surface area contributed by atoms with E-state index in [2.05, 4.69) is 15.3 Å². The molecule has 5 rings (SSSR count). The smallest absolute Gasteiger partial charge is 0.262 e. The molecule has 1 saturated heterocycles. The maximum atomic E-state index is 11.8. The number of hydrogen-bond acceptors (Lipinski definition) is 6. The number of carbonyl (C=O) groups is 1. The van der Waals surface area contributed by atoms with Crippen molar-refractivity contribution in [1.82, 2.24) is 4.57 Å². The quantitative estimate of drug-likeness (QED) is 0.604. The molecule has 0 aliphatic carbocycles. The van der Waals surface area contributed by atoms with Crippen molar-refractivity contribution in [3.8, 4) is 22.8 Å². The molecule has 0 bridgehead atoms. The lowest BCUT2D eigenvalue weighted by Gasteiger charge is -2.19. The van der Waals surface area contributed by atoms with E-state index in [1.807, 2.05) is 49.4 Å². The van der Waals surface area contributed by atoms with Crippen molar-refractivity contribution >= 4 is 28.6 Å². The van der Waals surface area contributed by atoms with Gasteiger partial charge in [-0.25, -0.2) is 4.99 Å². The standard InChI is InChI=1S/C24H25N3O4S/c1-2-29-21-8-4-3-7-18(21)26-24-27(13-17-6-5-11-30-17)20(15-32-24)16-9-10-22-19(12-16)25-23(28)14-31-22/h3-4,7-10,12,15,17H,2,5-6,11,13-14H2,1H3,(H,25,28). The highest BCUT2D eigenvalue weighted by molar-refractivity contribution is 7.07. The number of anilines is 1. The minimum absolute atomic E-state index is 0.0477. The molecule has 1 unspecified atom stereocenters. The van der Waals surface area contributed by atoms with Gasteiger partial charge in [0.2, 0.25) is 0 Å². The number of rotatable bonds is 6. The number of thiazole rings is 1. The van der Waals surface area contributed by atoms with Gasteiger partial charge in [0.05, 0.1) is 30.6 Å². The Morgan fingerprint density at radius 2 is 2.19 bits per heavy atom. The molecule has 2 aliphatic heterocycles. The number of ether oxygens (including phenoxy) is 3. The largest absolute Gasteiger partial charge is 0.492 e. The van der Waals surface area contributed by atoms with Crippen LogP contribution in [0.5, 0.6) is 11.5 Å². The van der Waals surface area contributed by atoms with Crippen LogP contribution in [0.2, 0.25) is 0 Å². The van der Waals surface area contributed by atoms with Gasteiger partial charge in [-0.2, -0.15) is 0 Å². The molecular formula is C24H25N3O4S. The third-order valence-corrected chi connectivity index (χ3v) is 6.36. The van der Waals surface area contributed by atoms with Crippen molar-refractivity contribution in [3.05, 3.63) is 52.6 Å². The van der Waals surface area contributed by atoms with Crippen molar-refractivity contribution in [2.45, 2.75) is 32.4 Å². The van der Waals surface area contributed by atoms with Crippen molar-refractivity contribution in [1.29, 1.82) is 0 Å². The lowest BCUT2D eigenvalue weighted by molar-refractivity contribution is -0.118. The van der Waals surface area contributed by atoms with Crippen LogP contribution in [0.25, 0.3) is 11.3 Å². The highest BCUT2D eigenvalue weighted by Crippen LogP contribution is 2.34. The number of fused-ring (bicyclic) bond motifs is 1. The Kier molecular flexibility index (Phi) is 5.96. The van der Waals surface area contributed by atoms with Crippen LogP contribution in [0.4, 0.5) is 11.4 Å². The van der Waals surface area contributed by atoms with E-state index in [1.54, 1.807) is 11.3 Å². The number of amides is 1. The summed E-state index contributed by atoms with van der Waals surface area (Å²) < 4.78 is 19.4. The monoisotopic (exact) mass is 451 g/mol. The van der Waals surface area contributed by atoms with Crippen LogP contribution in [0.3, 0.4) is 0 Å². The average molecular weight is 452 g/mol. The molecule has 0 radical (unpaired) electrons. The fourth-order valence-electron chi connectivity index (χ4n) is 3.99. The Morgan fingerprint density at radius 3 is 3.03 bits per heavy atom. The molecule has 1 atom stereocenters. The molecular weight excluding hydrogens is 426 g/mol. The number of carbonyl (C=O) groups excluding carboxylic acids is 1. The number of hydrogen-bond donors (Lipinski definition) is 1. The second-order valence-corrected chi connectivity index (χ2v) is 8.55. The topological polar surface area (TPSA) is 74.1 Å². The van der Waals surface area contributed by atoms with E-state index in [1.165, 1.54) is 0 Å². The molecule has 1 aromatic heterocycles. The normalized spacial score (nSPS) is 18.2. The Hall–Kier alpha value is -3.10. The van der Waals surface area contributed by atoms with E-state index < -0.39 is 0 Å². The molecule has 32 heavy (non-hydrogen) atoms. The van der Waals surface area contributed by atoms with Gasteiger partial charge in [0, 0.05) is 17.6 Å². The van der Waals surface area contributed by atoms with E-state index in [0.717, 1.165) is 46.9 Å². The van der Waals surface area contributed by atoms with E-state index in [-0.39, 0.29) is 18.6 Å². The number of para-hydroxylation sites is 2. The molecule has 2 aromatic carbocycles. The first kappa shape index (κ1) is 20.8. The average Bonchev–Trinajstić information content (AvgIpc) is 3.45. The van der Waals surface area contributed by atoms with E-state index in [4.69, 9.17) is 19.2 Å². The minimum atomic E-state index is -0.143. The zero-order valence-corrected chi connectivity index (χ0v) is 18.7. The summed E-state index contributed by atoms with van der Waals surface area (Å²) in [6, 6.07) is 13.7. The summed E-state index contributed by atoms with van der Waals surface area (Å²) in [5.41, 5.74) is 3.51. The summed E-state index contributed by atoms with van der Waals surface area (Å²) in [4.78, 5) is 17.6. The summed E-state index contributed by atoms with van der Waals surface area (Å²) in [5, 5.41) is 5.00. The molecule has 1 fully saturated rings. The Labute approximate surface area is 190 Å². The molecule has 1 N–H and O–H groups in total. The lowest BCUT2D eigenvalue weighted by Crippen LogP contribution is -2.25. The molecule has 2 aliphatic rings. The molecule has 8 heteroatoms. The van der Waals surface area contributed by atoms with E-state index in [0.29, 0.717) is 24.6 Å². The fraction of sp³-hybridized carbons (Fsp3) is 0.333. The van der Waals surface area contributed by atoms with Gasteiger partial charge in [0.25, 0.3) is 5.91 Å². The third kappa shape index (κ3) is 4.28. The van der Waals surface area contributed by atoms with Gasteiger partial charge < -0.3 is 24.1 Å². The van der Waals surface area contributed by atoms with Crippen molar-refractivity contribution in [2.75, 3.05) is 25.1 Å².